The summed E-state index contributed by atoms with van der Waals surface area (Å²) in [5.74, 6) is -0.738. The Morgan fingerprint density at radius 1 is 1.40 bits per heavy atom. The summed E-state index contributed by atoms with van der Waals surface area (Å²) < 4.78 is 25.2. The van der Waals surface area contributed by atoms with E-state index in [4.69, 9.17) is 0 Å². The number of benzene rings is 1. The minimum Gasteiger partial charge on any atom is -0.269 e. The van der Waals surface area contributed by atoms with Crippen molar-refractivity contribution >= 4 is 15.9 Å². The lowest BCUT2D eigenvalue weighted by molar-refractivity contribution is -0.114. The molecule has 1 N–H and O–H groups in total. The molecule has 4 nitrogen and oxygen atoms in total. The van der Waals surface area contributed by atoms with Gasteiger partial charge in [-0.3, -0.25) is 4.79 Å². The molecule has 0 bridgehead atoms. The highest BCUT2D eigenvalue weighted by molar-refractivity contribution is 7.90. The van der Waals surface area contributed by atoms with E-state index in [1.807, 2.05) is 4.72 Å². The highest BCUT2D eigenvalue weighted by atomic mass is 32.2. The Balaban J connectivity index is 3.12. The topological polar surface area (TPSA) is 63.2 Å². The first kappa shape index (κ1) is 11.5. The van der Waals surface area contributed by atoms with Crippen LogP contribution in [0.25, 0.3) is 0 Å². The number of hydrogen-bond donors (Lipinski definition) is 1. The normalized spacial score (nSPS) is 10.7. The number of carbonyl (C=O) groups excluding carboxylic acids is 1. The molecule has 0 heterocycles. The third kappa shape index (κ3) is 2.66. The van der Waals surface area contributed by atoms with Crippen molar-refractivity contribution in [3.05, 3.63) is 42.5 Å². The zero-order valence-corrected chi connectivity index (χ0v) is 9.04. The molecule has 0 unspecified atom stereocenters. The number of aryl methyl sites for hydroxylation is 1. The number of sulfonamides is 1. The standard InChI is InChI=1S/C10H11NO3S/c1-3-10(12)11-15(13,14)9-7-5-4-6-8(9)2/h3-7H,1H2,2H3,(H,11,12). The molecular formula is C10H11NO3S. The summed E-state index contributed by atoms with van der Waals surface area (Å²) in [5, 5.41) is 0. The molecule has 0 saturated carbocycles. The van der Waals surface area contributed by atoms with E-state index in [2.05, 4.69) is 6.58 Å². The molecular weight excluding hydrogens is 214 g/mol. The van der Waals surface area contributed by atoms with E-state index in [9.17, 15) is 13.2 Å². The number of amides is 1. The molecule has 0 aliphatic heterocycles. The molecule has 80 valence electrons. The van der Waals surface area contributed by atoms with Gasteiger partial charge in [0.2, 0.25) is 0 Å². The van der Waals surface area contributed by atoms with Gasteiger partial charge in [0.05, 0.1) is 4.90 Å². The lowest BCUT2D eigenvalue weighted by atomic mass is 10.2. The van der Waals surface area contributed by atoms with Crippen molar-refractivity contribution in [1.82, 2.24) is 4.72 Å². The highest BCUT2D eigenvalue weighted by Gasteiger charge is 2.17. The smallest absolute Gasteiger partial charge is 0.264 e. The van der Waals surface area contributed by atoms with Crippen molar-refractivity contribution in [2.45, 2.75) is 11.8 Å². The summed E-state index contributed by atoms with van der Waals surface area (Å²) in [7, 11) is -3.77. The highest BCUT2D eigenvalue weighted by Crippen LogP contribution is 2.13. The second-order valence-corrected chi connectivity index (χ2v) is 4.59. The summed E-state index contributed by atoms with van der Waals surface area (Å²) in [4.78, 5) is 11.0. The average Bonchev–Trinajstić information content (AvgIpc) is 2.17. The molecule has 1 aromatic rings. The van der Waals surface area contributed by atoms with Gasteiger partial charge in [0.25, 0.3) is 15.9 Å². The van der Waals surface area contributed by atoms with Gasteiger partial charge in [-0.25, -0.2) is 13.1 Å². The van der Waals surface area contributed by atoms with E-state index < -0.39 is 15.9 Å². The van der Waals surface area contributed by atoms with E-state index >= 15 is 0 Å². The SMILES string of the molecule is C=CC(=O)NS(=O)(=O)c1ccccc1C. The number of nitrogens with one attached hydrogen (secondary N) is 1. The van der Waals surface area contributed by atoms with Gasteiger partial charge < -0.3 is 0 Å². The second kappa shape index (κ2) is 4.27. The number of hydrogen-bond acceptors (Lipinski definition) is 3. The van der Waals surface area contributed by atoms with Crippen LogP contribution in [0.15, 0.2) is 41.8 Å². The lowest BCUT2D eigenvalue weighted by Crippen LogP contribution is -2.29. The first-order chi connectivity index (χ1) is 6.97. The minimum absolute atomic E-state index is 0.0974. The molecule has 0 aliphatic rings. The molecule has 1 rings (SSSR count). The Bertz CT molecular complexity index is 491. The average molecular weight is 225 g/mol. The van der Waals surface area contributed by atoms with Gasteiger partial charge in [0.1, 0.15) is 0 Å². The van der Waals surface area contributed by atoms with Gasteiger partial charge in [-0.05, 0) is 24.6 Å². The molecule has 5 heteroatoms. The number of carbonyl (C=O) groups is 1. The minimum atomic E-state index is -3.77. The zero-order valence-electron chi connectivity index (χ0n) is 8.23. The Morgan fingerprint density at radius 2 is 2.00 bits per heavy atom. The van der Waals surface area contributed by atoms with Crippen LogP contribution < -0.4 is 4.72 Å². The Labute approximate surface area is 88.7 Å². The molecule has 0 aliphatic carbocycles. The molecule has 0 radical (unpaired) electrons. The van der Waals surface area contributed by atoms with Crippen molar-refractivity contribution in [3.63, 3.8) is 0 Å². The van der Waals surface area contributed by atoms with E-state index in [0.29, 0.717) is 5.56 Å². The molecule has 0 aromatic heterocycles. The van der Waals surface area contributed by atoms with Crippen LogP contribution in [-0.4, -0.2) is 14.3 Å². The van der Waals surface area contributed by atoms with Crippen molar-refractivity contribution in [1.29, 1.82) is 0 Å². The molecule has 1 amide bonds. The largest absolute Gasteiger partial charge is 0.269 e. The van der Waals surface area contributed by atoms with Gasteiger partial charge in [0, 0.05) is 0 Å². The third-order valence-electron chi connectivity index (χ3n) is 1.80. The summed E-state index contributed by atoms with van der Waals surface area (Å²) in [6.45, 7) is 4.84. The van der Waals surface area contributed by atoms with Crippen molar-refractivity contribution in [3.8, 4) is 0 Å². The monoisotopic (exact) mass is 225 g/mol. The lowest BCUT2D eigenvalue weighted by Gasteiger charge is -2.06. The maximum absolute atomic E-state index is 11.6. The summed E-state index contributed by atoms with van der Waals surface area (Å²) in [6.07, 6.45) is 0.913. The first-order valence-corrected chi connectivity index (χ1v) is 5.70. The van der Waals surface area contributed by atoms with E-state index in [-0.39, 0.29) is 4.90 Å². The van der Waals surface area contributed by atoms with E-state index in [1.54, 1.807) is 25.1 Å². The van der Waals surface area contributed by atoms with Crippen molar-refractivity contribution in [2.75, 3.05) is 0 Å². The fourth-order valence-corrected chi connectivity index (χ4v) is 2.29. The van der Waals surface area contributed by atoms with Crippen LogP contribution in [0.2, 0.25) is 0 Å². The molecule has 15 heavy (non-hydrogen) atoms. The van der Waals surface area contributed by atoms with Gasteiger partial charge in [-0.1, -0.05) is 24.8 Å². The molecule has 1 aromatic carbocycles. The van der Waals surface area contributed by atoms with Crippen molar-refractivity contribution < 1.29 is 13.2 Å². The van der Waals surface area contributed by atoms with Gasteiger partial charge in [-0.2, -0.15) is 0 Å². The van der Waals surface area contributed by atoms with Crippen LogP contribution in [-0.2, 0) is 14.8 Å². The van der Waals surface area contributed by atoms with E-state index in [0.717, 1.165) is 6.08 Å². The van der Waals surface area contributed by atoms with Gasteiger partial charge >= 0.3 is 0 Å². The van der Waals surface area contributed by atoms with Gasteiger partial charge in [-0.15, -0.1) is 0 Å². The van der Waals surface area contributed by atoms with Gasteiger partial charge in [0.15, 0.2) is 0 Å². The van der Waals surface area contributed by atoms with Crippen LogP contribution in [0, 0.1) is 6.92 Å². The number of rotatable bonds is 3. The van der Waals surface area contributed by atoms with Crippen LogP contribution in [0.5, 0.6) is 0 Å². The molecule has 0 spiro atoms. The maximum Gasteiger partial charge on any atom is 0.264 e. The Morgan fingerprint density at radius 3 is 2.53 bits per heavy atom. The summed E-state index contributed by atoms with van der Waals surface area (Å²) in [5.41, 5.74) is 0.585. The molecule has 0 saturated heterocycles. The van der Waals surface area contributed by atoms with Crippen LogP contribution >= 0.6 is 0 Å². The second-order valence-electron chi connectivity index (χ2n) is 2.94. The first-order valence-electron chi connectivity index (χ1n) is 4.22. The fraction of sp³-hybridized carbons (Fsp3) is 0.100. The molecule has 0 fully saturated rings. The summed E-state index contributed by atoms with van der Waals surface area (Å²) >= 11 is 0. The third-order valence-corrected chi connectivity index (χ3v) is 3.31. The fourth-order valence-electron chi connectivity index (χ4n) is 1.09. The Kier molecular flexibility index (Phi) is 3.26. The van der Waals surface area contributed by atoms with E-state index in [1.165, 1.54) is 6.07 Å². The maximum atomic E-state index is 11.6. The van der Waals surface area contributed by atoms with Crippen molar-refractivity contribution in [2.24, 2.45) is 0 Å². The molecule has 0 atom stereocenters. The van der Waals surface area contributed by atoms with Crippen LogP contribution in [0.1, 0.15) is 5.56 Å². The predicted octanol–water partition coefficient (Wildman–Crippen LogP) is 0.986. The Hall–Kier alpha value is -1.62. The quantitative estimate of drug-likeness (QED) is 0.780. The van der Waals surface area contributed by atoms with Crippen LogP contribution in [0.3, 0.4) is 0 Å². The predicted molar refractivity (Wildman–Crippen MR) is 56.7 cm³/mol. The van der Waals surface area contributed by atoms with Crippen LogP contribution in [0.4, 0.5) is 0 Å². The summed E-state index contributed by atoms with van der Waals surface area (Å²) in [6, 6.07) is 6.42. The zero-order chi connectivity index (χ0) is 11.5.